The Morgan fingerprint density at radius 2 is 2.00 bits per heavy atom. The van der Waals surface area contributed by atoms with Crippen LogP contribution in [0.25, 0.3) is 0 Å². The number of rotatable bonds is 6. The smallest absolute Gasteiger partial charge is 0.123 e. The molecule has 1 aromatic rings. The van der Waals surface area contributed by atoms with Crippen LogP contribution in [0, 0.1) is 11.2 Å². The van der Waals surface area contributed by atoms with E-state index in [0.717, 1.165) is 19.7 Å². The molecule has 116 valence electrons. The summed E-state index contributed by atoms with van der Waals surface area (Å²) in [7, 11) is 1.72. The highest BCUT2D eigenvalue weighted by molar-refractivity contribution is 5.32. The molecule has 0 aliphatic heterocycles. The molecule has 0 radical (unpaired) electrons. The van der Waals surface area contributed by atoms with Gasteiger partial charge in [-0.05, 0) is 48.8 Å². The second kappa shape index (κ2) is 6.05. The molecular formula is C18H26FNO. The van der Waals surface area contributed by atoms with Crippen LogP contribution in [0.1, 0.15) is 44.1 Å². The van der Waals surface area contributed by atoms with Crippen molar-refractivity contribution >= 4 is 0 Å². The van der Waals surface area contributed by atoms with Crippen molar-refractivity contribution in [1.29, 1.82) is 0 Å². The van der Waals surface area contributed by atoms with E-state index in [9.17, 15) is 4.39 Å². The van der Waals surface area contributed by atoms with Gasteiger partial charge in [0.15, 0.2) is 0 Å². The maximum Gasteiger partial charge on any atom is 0.123 e. The van der Waals surface area contributed by atoms with E-state index in [2.05, 4.69) is 11.4 Å². The Hall–Kier alpha value is -0.930. The van der Waals surface area contributed by atoms with Gasteiger partial charge in [0, 0.05) is 25.6 Å². The molecule has 2 saturated carbocycles. The molecule has 2 aliphatic rings. The number of methoxy groups -OCH3 is 1. The standard InChI is InChI=1S/C18H26FNO/c1-21-10-9-20-14-18(15-5-4-6-16(19)11-15)12-17(13-18)7-2-3-8-17/h4-6,11,20H,2-3,7-10,12-14H2,1H3. The summed E-state index contributed by atoms with van der Waals surface area (Å²) in [5, 5.41) is 3.51. The van der Waals surface area contributed by atoms with Crippen molar-refractivity contribution in [2.45, 2.75) is 43.9 Å². The van der Waals surface area contributed by atoms with Gasteiger partial charge >= 0.3 is 0 Å². The Bertz CT molecular complexity index is 474. The third kappa shape index (κ3) is 3.00. The molecule has 3 heteroatoms. The van der Waals surface area contributed by atoms with Gasteiger partial charge < -0.3 is 10.1 Å². The lowest BCUT2D eigenvalue weighted by atomic mass is 9.49. The molecule has 0 unspecified atom stereocenters. The summed E-state index contributed by atoms with van der Waals surface area (Å²) in [5.41, 5.74) is 1.85. The second-order valence-corrected chi connectivity index (χ2v) is 7.02. The number of nitrogens with one attached hydrogen (secondary N) is 1. The first-order chi connectivity index (χ1) is 10.2. The van der Waals surface area contributed by atoms with Crippen LogP contribution >= 0.6 is 0 Å². The van der Waals surface area contributed by atoms with E-state index in [4.69, 9.17) is 4.74 Å². The molecule has 2 nitrogen and oxygen atoms in total. The number of hydrogen-bond acceptors (Lipinski definition) is 2. The highest BCUT2D eigenvalue weighted by Gasteiger charge is 2.55. The molecule has 0 amide bonds. The first-order valence-corrected chi connectivity index (χ1v) is 8.14. The molecule has 21 heavy (non-hydrogen) atoms. The largest absolute Gasteiger partial charge is 0.383 e. The van der Waals surface area contributed by atoms with Crippen molar-refractivity contribution in [2.75, 3.05) is 26.8 Å². The first kappa shape index (κ1) is 15.0. The predicted molar refractivity (Wildman–Crippen MR) is 83.0 cm³/mol. The van der Waals surface area contributed by atoms with Crippen LogP contribution in [0.15, 0.2) is 24.3 Å². The minimum Gasteiger partial charge on any atom is -0.383 e. The van der Waals surface area contributed by atoms with Crippen molar-refractivity contribution in [3.05, 3.63) is 35.6 Å². The average Bonchev–Trinajstić information content (AvgIpc) is 2.91. The highest BCUT2D eigenvalue weighted by atomic mass is 19.1. The van der Waals surface area contributed by atoms with E-state index in [0.29, 0.717) is 5.41 Å². The van der Waals surface area contributed by atoms with Gasteiger partial charge in [0.2, 0.25) is 0 Å². The van der Waals surface area contributed by atoms with Crippen molar-refractivity contribution < 1.29 is 9.13 Å². The molecule has 3 rings (SSSR count). The minimum absolute atomic E-state index is 0.115. The molecule has 1 aromatic carbocycles. The van der Waals surface area contributed by atoms with Gasteiger partial charge in [0.05, 0.1) is 6.61 Å². The molecular weight excluding hydrogens is 265 g/mol. The number of halogens is 1. The maximum absolute atomic E-state index is 13.6. The van der Waals surface area contributed by atoms with E-state index in [1.54, 1.807) is 19.2 Å². The number of benzene rings is 1. The van der Waals surface area contributed by atoms with Gasteiger partial charge in [0.25, 0.3) is 0 Å². The summed E-state index contributed by atoms with van der Waals surface area (Å²) >= 11 is 0. The second-order valence-electron chi connectivity index (χ2n) is 7.02. The fraction of sp³-hybridized carbons (Fsp3) is 0.667. The van der Waals surface area contributed by atoms with Crippen molar-refractivity contribution in [3.63, 3.8) is 0 Å². The minimum atomic E-state index is -0.115. The Kier molecular flexibility index (Phi) is 4.32. The molecule has 2 aliphatic carbocycles. The van der Waals surface area contributed by atoms with Crippen molar-refractivity contribution in [1.82, 2.24) is 5.32 Å². The molecule has 1 spiro atoms. The number of hydrogen-bond donors (Lipinski definition) is 1. The van der Waals surface area contributed by atoms with Gasteiger partial charge in [-0.3, -0.25) is 0 Å². The molecule has 2 fully saturated rings. The van der Waals surface area contributed by atoms with Gasteiger partial charge in [0.1, 0.15) is 5.82 Å². The van der Waals surface area contributed by atoms with E-state index >= 15 is 0 Å². The van der Waals surface area contributed by atoms with Gasteiger partial charge in [-0.1, -0.05) is 25.0 Å². The fourth-order valence-corrected chi connectivity index (χ4v) is 4.61. The van der Waals surface area contributed by atoms with Crippen LogP contribution in [-0.4, -0.2) is 26.8 Å². The topological polar surface area (TPSA) is 21.3 Å². The monoisotopic (exact) mass is 291 g/mol. The number of ether oxygens (including phenoxy) is 1. The zero-order chi connectivity index (χ0) is 14.8. The lowest BCUT2D eigenvalue weighted by molar-refractivity contribution is 0.0258. The quantitative estimate of drug-likeness (QED) is 0.808. The van der Waals surface area contributed by atoms with E-state index < -0.39 is 0 Å². The molecule has 0 bridgehead atoms. The zero-order valence-electron chi connectivity index (χ0n) is 13.0. The summed E-state index contributed by atoms with van der Waals surface area (Å²) < 4.78 is 18.7. The van der Waals surface area contributed by atoms with E-state index in [1.165, 1.54) is 44.1 Å². The van der Waals surface area contributed by atoms with Crippen LogP contribution in [0.5, 0.6) is 0 Å². The summed E-state index contributed by atoms with van der Waals surface area (Å²) in [6, 6.07) is 7.23. The third-order valence-electron chi connectivity index (χ3n) is 5.47. The first-order valence-electron chi connectivity index (χ1n) is 8.14. The SMILES string of the molecule is COCCNCC1(c2cccc(F)c2)CC2(CCCC2)C1. The van der Waals surface area contributed by atoms with Crippen molar-refractivity contribution in [3.8, 4) is 0 Å². The average molecular weight is 291 g/mol. The Labute approximate surface area is 127 Å². The summed E-state index contributed by atoms with van der Waals surface area (Å²) in [4.78, 5) is 0. The Balaban J connectivity index is 1.73. The molecule has 0 saturated heterocycles. The maximum atomic E-state index is 13.6. The van der Waals surface area contributed by atoms with Crippen LogP contribution in [0.3, 0.4) is 0 Å². The molecule has 0 heterocycles. The summed E-state index contributed by atoms with van der Waals surface area (Å²) in [6.45, 7) is 2.52. The van der Waals surface area contributed by atoms with Crippen molar-refractivity contribution in [2.24, 2.45) is 5.41 Å². The molecule has 0 aromatic heterocycles. The predicted octanol–water partition coefficient (Wildman–Crippen LogP) is 3.65. The lowest BCUT2D eigenvalue weighted by Crippen LogP contribution is -2.54. The summed E-state index contributed by atoms with van der Waals surface area (Å²) in [5.74, 6) is -0.115. The van der Waals surface area contributed by atoms with Crippen LogP contribution in [0.2, 0.25) is 0 Å². The molecule has 1 N–H and O–H groups in total. The van der Waals surface area contributed by atoms with Gasteiger partial charge in [-0.15, -0.1) is 0 Å². The highest BCUT2D eigenvalue weighted by Crippen LogP contribution is 2.62. The fourth-order valence-electron chi connectivity index (χ4n) is 4.61. The summed E-state index contributed by atoms with van der Waals surface area (Å²) in [6.07, 6.45) is 7.89. The van der Waals surface area contributed by atoms with E-state index in [1.807, 2.05) is 6.07 Å². The van der Waals surface area contributed by atoms with Crippen LogP contribution in [-0.2, 0) is 10.2 Å². The lowest BCUT2D eigenvalue weighted by Gasteiger charge is -2.56. The Morgan fingerprint density at radius 1 is 1.24 bits per heavy atom. The van der Waals surface area contributed by atoms with Crippen LogP contribution in [0.4, 0.5) is 4.39 Å². The molecule has 0 atom stereocenters. The normalized spacial score (nSPS) is 22.4. The van der Waals surface area contributed by atoms with Gasteiger partial charge in [-0.2, -0.15) is 0 Å². The van der Waals surface area contributed by atoms with E-state index in [-0.39, 0.29) is 11.2 Å². The van der Waals surface area contributed by atoms with Crippen LogP contribution < -0.4 is 5.32 Å². The zero-order valence-corrected chi connectivity index (χ0v) is 13.0. The third-order valence-corrected chi connectivity index (χ3v) is 5.47. The Morgan fingerprint density at radius 3 is 2.67 bits per heavy atom. The van der Waals surface area contributed by atoms with Gasteiger partial charge in [-0.25, -0.2) is 4.39 Å².